The van der Waals surface area contributed by atoms with Gasteiger partial charge in [0.1, 0.15) is 17.5 Å². The number of anilines is 3. The van der Waals surface area contributed by atoms with Gasteiger partial charge in [-0.1, -0.05) is 0 Å². The predicted molar refractivity (Wildman–Crippen MR) is 93.9 cm³/mol. The van der Waals surface area contributed by atoms with E-state index in [1.54, 1.807) is 19.1 Å². The van der Waals surface area contributed by atoms with Gasteiger partial charge in [0.25, 0.3) is 0 Å². The highest BCUT2D eigenvalue weighted by Gasteiger charge is 2.15. The minimum atomic E-state index is -0.307. The zero-order valence-corrected chi connectivity index (χ0v) is 14.1. The van der Waals surface area contributed by atoms with Crippen molar-refractivity contribution in [1.82, 2.24) is 9.97 Å². The van der Waals surface area contributed by atoms with E-state index in [2.05, 4.69) is 20.2 Å². The Morgan fingerprint density at radius 1 is 1.21 bits per heavy atom. The average molecular weight is 326 g/mol. The molecule has 1 aromatic carbocycles. The number of hydrogen-bond acceptors (Lipinski definition) is 6. The molecule has 0 radical (unpaired) electrons. The first kappa shape index (κ1) is 16.2. The smallest absolute Gasteiger partial charge is 0.338 e. The van der Waals surface area contributed by atoms with Crippen molar-refractivity contribution in [3.05, 3.63) is 41.7 Å². The van der Waals surface area contributed by atoms with Gasteiger partial charge < -0.3 is 15.0 Å². The quantitative estimate of drug-likeness (QED) is 0.850. The summed E-state index contributed by atoms with van der Waals surface area (Å²) in [6, 6.07) is 9.15. The van der Waals surface area contributed by atoms with E-state index in [4.69, 9.17) is 4.74 Å². The van der Waals surface area contributed by atoms with E-state index in [0.717, 1.165) is 36.2 Å². The second-order valence-corrected chi connectivity index (χ2v) is 5.78. The number of rotatable bonds is 5. The maximum absolute atomic E-state index is 11.7. The summed E-state index contributed by atoms with van der Waals surface area (Å²) < 4.78 is 4.99. The minimum absolute atomic E-state index is 0.307. The van der Waals surface area contributed by atoms with Gasteiger partial charge >= 0.3 is 5.97 Å². The Balaban J connectivity index is 1.74. The van der Waals surface area contributed by atoms with E-state index >= 15 is 0 Å². The molecule has 1 aromatic heterocycles. The van der Waals surface area contributed by atoms with Crippen molar-refractivity contribution >= 4 is 23.3 Å². The van der Waals surface area contributed by atoms with Crippen molar-refractivity contribution in [2.24, 2.45) is 0 Å². The van der Waals surface area contributed by atoms with Crippen LogP contribution < -0.4 is 10.2 Å². The largest absolute Gasteiger partial charge is 0.462 e. The molecule has 1 fully saturated rings. The first-order valence-corrected chi connectivity index (χ1v) is 8.30. The molecule has 0 spiro atoms. The van der Waals surface area contributed by atoms with Crippen LogP contribution in [0.2, 0.25) is 0 Å². The maximum atomic E-state index is 11.7. The lowest BCUT2D eigenvalue weighted by Crippen LogP contribution is -2.19. The monoisotopic (exact) mass is 326 g/mol. The Labute approximate surface area is 141 Å². The second-order valence-electron chi connectivity index (χ2n) is 5.78. The number of nitrogens with one attached hydrogen (secondary N) is 1. The SMILES string of the molecule is CCOC(=O)c1ccc(Nc2cc(N3CCCC3)nc(C)n2)cc1. The van der Waals surface area contributed by atoms with E-state index in [9.17, 15) is 4.79 Å². The summed E-state index contributed by atoms with van der Waals surface area (Å²) in [6.07, 6.45) is 2.42. The second kappa shape index (κ2) is 7.29. The van der Waals surface area contributed by atoms with Crippen LogP contribution in [0.15, 0.2) is 30.3 Å². The number of carbonyl (C=O) groups excluding carboxylic acids is 1. The molecule has 1 aliphatic rings. The molecule has 0 amide bonds. The summed E-state index contributed by atoms with van der Waals surface area (Å²) in [4.78, 5) is 22.9. The van der Waals surface area contributed by atoms with E-state index in [1.165, 1.54) is 12.8 Å². The van der Waals surface area contributed by atoms with Crippen LogP contribution in [0.1, 0.15) is 35.9 Å². The van der Waals surface area contributed by atoms with Gasteiger partial charge in [-0.25, -0.2) is 14.8 Å². The van der Waals surface area contributed by atoms with Crippen LogP contribution in [0, 0.1) is 6.92 Å². The average Bonchev–Trinajstić information content (AvgIpc) is 3.10. The highest BCUT2D eigenvalue weighted by molar-refractivity contribution is 5.89. The van der Waals surface area contributed by atoms with Gasteiger partial charge in [-0.15, -0.1) is 0 Å². The third-order valence-electron chi connectivity index (χ3n) is 3.92. The van der Waals surface area contributed by atoms with Crippen molar-refractivity contribution in [2.75, 3.05) is 29.9 Å². The lowest BCUT2D eigenvalue weighted by atomic mass is 10.2. The zero-order valence-electron chi connectivity index (χ0n) is 14.1. The Morgan fingerprint density at radius 3 is 2.58 bits per heavy atom. The molecular weight excluding hydrogens is 304 g/mol. The predicted octanol–water partition coefficient (Wildman–Crippen LogP) is 3.31. The highest BCUT2D eigenvalue weighted by atomic mass is 16.5. The molecule has 2 aromatic rings. The lowest BCUT2D eigenvalue weighted by molar-refractivity contribution is 0.0526. The van der Waals surface area contributed by atoms with Crippen LogP contribution in [0.25, 0.3) is 0 Å². The summed E-state index contributed by atoms with van der Waals surface area (Å²) in [5, 5.41) is 3.28. The number of carbonyl (C=O) groups is 1. The molecule has 0 atom stereocenters. The number of aromatic nitrogens is 2. The molecule has 2 heterocycles. The Kier molecular flexibility index (Phi) is 4.93. The fourth-order valence-electron chi connectivity index (χ4n) is 2.78. The summed E-state index contributed by atoms with van der Waals surface area (Å²) >= 11 is 0. The molecule has 3 rings (SSSR count). The molecule has 1 aliphatic heterocycles. The van der Waals surface area contributed by atoms with Crippen molar-refractivity contribution in [3.8, 4) is 0 Å². The van der Waals surface area contributed by atoms with Gasteiger partial charge in [0.15, 0.2) is 0 Å². The van der Waals surface area contributed by atoms with Gasteiger partial charge in [-0.05, 0) is 51.0 Å². The molecule has 1 saturated heterocycles. The molecule has 126 valence electrons. The normalized spacial score (nSPS) is 13.8. The summed E-state index contributed by atoms with van der Waals surface area (Å²) in [6.45, 7) is 6.16. The highest BCUT2D eigenvalue weighted by Crippen LogP contribution is 2.23. The maximum Gasteiger partial charge on any atom is 0.338 e. The van der Waals surface area contributed by atoms with Gasteiger partial charge in [-0.3, -0.25) is 0 Å². The topological polar surface area (TPSA) is 67.3 Å². The summed E-state index contributed by atoms with van der Waals surface area (Å²) in [5.41, 5.74) is 1.41. The van der Waals surface area contributed by atoms with Crippen LogP contribution in [-0.4, -0.2) is 35.6 Å². The third-order valence-corrected chi connectivity index (χ3v) is 3.92. The number of ether oxygens (including phenoxy) is 1. The molecule has 24 heavy (non-hydrogen) atoms. The van der Waals surface area contributed by atoms with E-state index in [1.807, 2.05) is 25.1 Å². The molecule has 6 nitrogen and oxygen atoms in total. The number of hydrogen-bond donors (Lipinski definition) is 1. The first-order chi connectivity index (χ1) is 11.7. The number of benzene rings is 1. The molecule has 0 aliphatic carbocycles. The zero-order chi connectivity index (χ0) is 16.9. The Morgan fingerprint density at radius 2 is 1.92 bits per heavy atom. The Bertz CT molecular complexity index is 709. The summed E-state index contributed by atoms with van der Waals surface area (Å²) in [5.74, 6) is 2.15. The van der Waals surface area contributed by atoms with E-state index in [-0.39, 0.29) is 5.97 Å². The molecule has 0 bridgehead atoms. The Hall–Kier alpha value is -2.63. The van der Waals surface area contributed by atoms with Crippen LogP contribution in [0.5, 0.6) is 0 Å². The molecule has 1 N–H and O–H groups in total. The molecule has 0 unspecified atom stereocenters. The molecule has 6 heteroatoms. The number of nitrogens with zero attached hydrogens (tertiary/aromatic N) is 3. The van der Waals surface area contributed by atoms with Gasteiger partial charge in [0.05, 0.1) is 12.2 Å². The van der Waals surface area contributed by atoms with Gasteiger partial charge in [0.2, 0.25) is 0 Å². The fourth-order valence-corrected chi connectivity index (χ4v) is 2.78. The number of esters is 1. The van der Waals surface area contributed by atoms with Crippen molar-refractivity contribution in [2.45, 2.75) is 26.7 Å². The van der Waals surface area contributed by atoms with Crippen LogP contribution in [0.3, 0.4) is 0 Å². The molecular formula is C18H22N4O2. The minimum Gasteiger partial charge on any atom is -0.462 e. The standard InChI is InChI=1S/C18H22N4O2/c1-3-24-18(23)14-6-8-15(9-7-14)21-16-12-17(20-13(2)19-16)22-10-4-5-11-22/h6-9,12H,3-5,10-11H2,1-2H3,(H,19,20,21). The van der Waals surface area contributed by atoms with Crippen LogP contribution in [-0.2, 0) is 4.74 Å². The van der Waals surface area contributed by atoms with Crippen molar-refractivity contribution < 1.29 is 9.53 Å². The van der Waals surface area contributed by atoms with Crippen LogP contribution in [0.4, 0.5) is 17.3 Å². The summed E-state index contributed by atoms with van der Waals surface area (Å²) in [7, 11) is 0. The fraction of sp³-hybridized carbons (Fsp3) is 0.389. The van der Waals surface area contributed by atoms with Gasteiger partial charge in [-0.2, -0.15) is 0 Å². The third kappa shape index (κ3) is 3.82. The van der Waals surface area contributed by atoms with Crippen molar-refractivity contribution in [3.63, 3.8) is 0 Å². The van der Waals surface area contributed by atoms with Crippen molar-refractivity contribution in [1.29, 1.82) is 0 Å². The van der Waals surface area contributed by atoms with Gasteiger partial charge in [0, 0.05) is 24.8 Å². The molecule has 0 saturated carbocycles. The van der Waals surface area contributed by atoms with Crippen LogP contribution >= 0.6 is 0 Å². The lowest BCUT2D eigenvalue weighted by Gasteiger charge is -2.17. The first-order valence-electron chi connectivity index (χ1n) is 8.30. The number of aryl methyl sites for hydroxylation is 1. The van der Waals surface area contributed by atoms with E-state index in [0.29, 0.717) is 12.2 Å². The van der Waals surface area contributed by atoms with E-state index < -0.39 is 0 Å².